The fraction of sp³-hybridized carbons (Fsp3) is 1.00. The summed E-state index contributed by atoms with van der Waals surface area (Å²) in [7, 11) is 0. The van der Waals surface area contributed by atoms with E-state index in [0.29, 0.717) is 12.8 Å². The third kappa shape index (κ3) is 7.96. The molecule has 0 N–H and O–H groups in total. The first kappa shape index (κ1) is 15.1. The number of hydrogen-bond donors (Lipinski definition) is 0. The predicted octanol–water partition coefficient (Wildman–Crippen LogP) is 5.04. The van der Waals surface area contributed by atoms with Crippen LogP contribution >= 0.6 is 11.4 Å². The van der Waals surface area contributed by atoms with Crippen molar-refractivity contribution in [1.29, 1.82) is 0 Å². The Bertz CT molecular complexity index is 140. The summed E-state index contributed by atoms with van der Waals surface area (Å²) in [5.41, 5.74) is 0. The van der Waals surface area contributed by atoms with E-state index in [9.17, 15) is 11.7 Å². The van der Waals surface area contributed by atoms with Gasteiger partial charge in [0.05, 0.1) is 0 Å². The largest absolute Gasteiger partial charge is 0.278 e. The zero-order valence-corrected chi connectivity index (χ0v) is 10.5. The number of halogens is 3. The maximum Gasteiger partial charge on any atom is 0.278 e. The molecule has 5 heteroatoms. The highest BCUT2D eigenvalue weighted by molar-refractivity contribution is 8.18. The third-order valence-corrected chi connectivity index (χ3v) is 3.27. The second kappa shape index (κ2) is 8.28. The zero-order chi connectivity index (χ0) is 11.7. The van der Waals surface area contributed by atoms with Crippen molar-refractivity contribution >= 4 is 11.4 Å². The lowest BCUT2D eigenvalue weighted by Crippen LogP contribution is -2.23. The van der Waals surface area contributed by atoms with Crippen LogP contribution in [0.15, 0.2) is 0 Å². The van der Waals surface area contributed by atoms with Crippen molar-refractivity contribution in [3.8, 4) is 0 Å². The van der Waals surface area contributed by atoms with Gasteiger partial charge in [-0.3, -0.25) is 0 Å². The summed E-state index contributed by atoms with van der Waals surface area (Å²) in [5, 5.41) is 0. The van der Waals surface area contributed by atoms with Crippen LogP contribution in [-0.2, 0) is 0 Å². The maximum absolute atomic E-state index is 12.6. The third-order valence-electron chi connectivity index (χ3n) is 2.31. The molecule has 15 heavy (non-hydrogen) atoms. The maximum atomic E-state index is 12.6. The predicted molar refractivity (Wildman–Crippen MR) is 61.5 cm³/mol. The van der Waals surface area contributed by atoms with E-state index in [1.54, 1.807) is 0 Å². The molecular weight excluding hydrogens is 223 g/mol. The summed E-state index contributed by atoms with van der Waals surface area (Å²) in [4.78, 5) is 0. The van der Waals surface area contributed by atoms with Crippen LogP contribution in [0, 0.1) is 0 Å². The van der Waals surface area contributed by atoms with Crippen LogP contribution in [0.2, 0.25) is 0 Å². The number of unbranched alkanes of at least 4 members (excludes halogenated alkanes) is 4. The van der Waals surface area contributed by atoms with E-state index in [2.05, 4.69) is 0 Å². The standard InChI is InChI=1S/C10H22F3NS/c1-3-5-7-9-14(15(11,12)13)10-8-6-4-2/h3-10H2,1-2H3. The molecule has 0 aliphatic carbocycles. The van der Waals surface area contributed by atoms with Crippen LogP contribution in [0.5, 0.6) is 0 Å². The van der Waals surface area contributed by atoms with E-state index in [-0.39, 0.29) is 13.1 Å². The van der Waals surface area contributed by atoms with Gasteiger partial charge in [-0.1, -0.05) is 39.5 Å². The van der Waals surface area contributed by atoms with Gasteiger partial charge in [0, 0.05) is 13.1 Å². The minimum absolute atomic E-state index is 0.191. The molecule has 0 aliphatic rings. The molecule has 0 aliphatic heterocycles. The van der Waals surface area contributed by atoms with Gasteiger partial charge < -0.3 is 0 Å². The molecule has 0 saturated carbocycles. The molecule has 0 fully saturated rings. The molecule has 0 atom stereocenters. The van der Waals surface area contributed by atoms with Crippen LogP contribution in [0.3, 0.4) is 0 Å². The minimum atomic E-state index is -4.99. The van der Waals surface area contributed by atoms with Gasteiger partial charge in [0.2, 0.25) is 0 Å². The van der Waals surface area contributed by atoms with Crippen molar-refractivity contribution in [3.63, 3.8) is 0 Å². The first-order chi connectivity index (χ1) is 7.02. The Morgan fingerprint density at radius 1 is 0.800 bits per heavy atom. The highest BCUT2D eigenvalue weighted by Crippen LogP contribution is 2.56. The summed E-state index contributed by atoms with van der Waals surface area (Å²) in [6.45, 7) is 4.39. The lowest BCUT2D eigenvalue weighted by Gasteiger charge is -2.26. The van der Waals surface area contributed by atoms with Crippen molar-refractivity contribution < 1.29 is 11.7 Å². The van der Waals surface area contributed by atoms with Gasteiger partial charge in [-0.25, -0.2) is 0 Å². The van der Waals surface area contributed by atoms with Gasteiger partial charge in [-0.05, 0) is 12.8 Å². The van der Waals surface area contributed by atoms with Gasteiger partial charge in [0.1, 0.15) is 0 Å². The van der Waals surface area contributed by atoms with Crippen molar-refractivity contribution in [2.24, 2.45) is 0 Å². The molecule has 0 aromatic rings. The van der Waals surface area contributed by atoms with E-state index >= 15 is 0 Å². The molecule has 0 heterocycles. The molecule has 94 valence electrons. The number of rotatable bonds is 9. The van der Waals surface area contributed by atoms with Crippen LogP contribution in [-0.4, -0.2) is 17.4 Å². The number of nitrogens with zero attached hydrogens (tertiary/aromatic N) is 1. The first-order valence-electron chi connectivity index (χ1n) is 5.69. The van der Waals surface area contributed by atoms with Gasteiger partial charge >= 0.3 is 0 Å². The van der Waals surface area contributed by atoms with E-state index in [1.807, 2.05) is 13.8 Å². The highest BCUT2D eigenvalue weighted by Gasteiger charge is 2.30. The Kier molecular flexibility index (Phi) is 8.33. The average molecular weight is 245 g/mol. The molecule has 0 rings (SSSR count). The number of hydrogen-bond acceptors (Lipinski definition) is 1. The Morgan fingerprint density at radius 2 is 1.20 bits per heavy atom. The van der Waals surface area contributed by atoms with Crippen LogP contribution in [0.4, 0.5) is 11.7 Å². The van der Waals surface area contributed by atoms with Gasteiger partial charge in [0.25, 0.3) is 11.4 Å². The van der Waals surface area contributed by atoms with Crippen molar-refractivity contribution in [2.75, 3.05) is 13.1 Å². The fourth-order valence-corrected chi connectivity index (χ4v) is 2.07. The molecule has 0 bridgehead atoms. The van der Waals surface area contributed by atoms with Crippen molar-refractivity contribution in [3.05, 3.63) is 0 Å². The van der Waals surface area contributed by atoms with Gasteiger partial charge in [-0.15, -0.1) is 11.7 Å². The Balaban J connectivity index is 3.85. The first-order valence-corrected chi connectivity index (χ1v) is 6.98. The molecule has 1 nitrogen and oxygen atoms in total. The second-order valence-electron chi connectivity index (χ2n) is 3.73. The molecular formula is C10H22F3NS. The molecule has 0 aromatic carbocycles. The molecule has 0 amide bonds. The van der Waals surface area contributed by atoms with Gasteiger partial charge in [0.15, 0.2) is 0 Å². The molecule has 0 saturated heterocycles. The fourth-order valence-electron chi connectivity index (χ4n) is 1.40. The summed E-state index contributed by atoms with van der Waals surface area (Å²) >= 11 is -4.99. The van der Waals surface area contributed by atoms with E-state index in [0.717, 1.165) is 30.0 Å². The highest BCUT2D eigenvalue weighted by atomic mass is 32.3. The second-order valence-corrected chi connectivity index (χ2v) is 5.01. The molecule has 0 spiro atoms. The van der Waals surface area contributed by atoms with Crippen molar-refractivity contribution in [1.82, 2.24) is 4.31 Å². The normalized spacial score (nSPS) is 13.5. The average Bonchev–Trinajstić information content (AvgIpc) is 2.14. The summed E-state index contributed by atoms with van der Waals surface area (Å²) < 4.78 is 38.5. The lowest BCUT2D eigenvalue weighted by molar-refractivity contribution is 0.365. The van der Waals surface area contributed by atoms with Crippen LogP contribution in [0.1, 0.15) is 52.4 Å². The molecule has 0 aromatic heterocycles. The quantitative estimate of drug-likeness (QED) is 0.514. The Morgan fingerprint density at radius 3 is 1.47 bits per heavy atom. The lowest BCUT2D eigenvalue weighted by atomic mass is 10.2. The topological polar surface area (TPSA) is 3.24 Å². The van der Waals surface area contributed by atoms with E-state index < -0.39 is 11.4 Å². The molecule has 0 unspecified atom stereocenters. The van der Waals surface area contributed by atoms with Crippen LogP contribution < -0.4 is 0 Å². The smallest absolute Gasteiger partial charge is 0.193 e. The molecule has 0 radical (unpaired) electrons. The minimum Gasteiger partial charge on any atom is -0.193 e. The van der Waals surface area contributed by atoms with Gasteiger partial charge in [-0.2, -0.15) is 4.31 Å². The monoisotopic (exact) mass is 245 g/mol. The summed E-state index contributed by atoms with van der Waals surface area (Å²) in [6, 6.07) is 0. The SMILES string of the molecule is CCCCCN(CCCCC)S(F)(F)F. The van der Waals surface area contributed by atoms with Crippen molar-refractivity contribution in [2.45, 2.75) is 52.4 Å². The van der Waals surface area contributed by atoms with E-state index in [1.165, 1.54) is 0 Å². The summed E-state index contributed by atoms with van der Waals surface area (Å²) in [6.07, 6.45) is 5.04. The zero-order valence-electron chi connectivity index (χ0n) is 9.65. The Hall–Kier alpha value is 0.100. The Labute approximate surface area is 93.4 Å². The summed E-state index contributed by atoms with van der Waals surface area (Å²) in [5.74, 6) is 0. The van der Waals surface area contributed by atoms with Crippen LogP contribution in [0.25, 0.3) is 0 Å². The van der Waals surface area contributed by atoms with E-state index in [4.69, 9.17) is 0 Å².